The van der Waals surface area contributed by atoms with Crippen LogP contribution >= 0.6 is 0 Å². The first-order valence-corrected chi connectivity index (χ1v) is 18.7. The van der Waals surface area contributed by atoms with Gasteiger partial charge in [-0.05, 0) is 78.3 Å². The van der Waals surface area contributed by atoms with Crippen molar-refractivity contribution < 1.29 is 28.7 Å². The van der Waals surface area contributed by atoms with Crippen molar-refractivity contribution in [2.45, 2.75) is 77.5 Å². The van der Waals surface area contributed by atoms with Gasteiger partial charge in [-0.15, -0.1) is 0 Å². The first kappa shape index (κ1) is 36.7. The summed E-state index contributed by atoms with van der Waals surface area (Å²) in [4.78, 5) is 71.8. The van der Waals surface area contributed by atoms with Gasteiger partial charge in [-0.2, -0.15) is 0 Å². The molecule has 0 saturated carbocycles. The summed E-state index contributed by atoms with van der Waals surface area (Å²) in [5.41, 5.74) is 5.48. The predicted molar refractivity (Wildman–Crippen MR) is 204 cm³/mol. The number of imidazole rings is 2. The number of nitrogens with zero attached hydrogens (tertiary/aromatic N) is 4. The van der Waals surface area contributed by atoms with Gasteiger partial charge in [0, 0.05) is 18.5 Å². The van der Waals surface area contributed by atoms with Gasteiger partial charge in [0.05, 0.1) is 48.4 Å². The van der Waals surface area contributed by atoms with Gasteiger partial charge in [-0.3, -0.25) is 9.59 Å². The summed E-state index contributed by atoms with van der Waals surface area (Å²) >= 11 is 0. The van der Waals surface area contributed by atoms with Crippen molar-refractivity contribution in [2.24, 2.45) is 11.8 Å². The molecule has 0 radical (unpaired) electrons. The Morgan fingerprint density at radius 2 is 1.22 bits per heavy atom. The van der Waals surface area contributed by atoms with Crippen molar-refractivity contribution in [3.63, 3.8) is 0 Å². The number of benzene rings is 3. The Bertz CT molecular complexity index is 2230. The normalized spacial score (nSPS) is 18.5. The minimum atomic E-state index is -0.699. The summed E-state index contributed by atoms with van der Waals surface area (Å²) in [6, 6.07) is 14.7. The van der Waals surface area contributed by atoms with Crippen LogP contribution < -0.4 is 10.6 Å². The highest BCUT2D eigenvalue weighted by Crippen LogP contribution is 2.37. The maximum absolute atomic E-state index is 13.7. The van der Waals surface area contributed by atoms with E-state index in [0.29, 0.717) is 13.1 Å². The number of carbonyl (C=O) groups excluding carboxylic acids is 4. The Morgan fingerprint density at radius 3 is 1.80 bits per heavy atom. The van der Waals surface area contributed by atoms with Crippen LogP contribution in [-0.2, 0) is 19.1 Å². The number of carbonyl (C=O) groups is 4. The van der Waals surface area contributed by atoms with Gasteiger partial charge >= 0.3 is 12.2 Å². The van der Waals surface area contributed by atoms with Crippen LogP contribution in [0.25, 0.3) is 44.0 Å². The molecule has 1 unspecified atom stereocenters. The standard InChI is InChI=1S/C40H48N8O6/c1-21(2)32(45-39(51)53-5)37(49)47-17-7-9-30(47)35-41-27-15-12-24(20-29(27)43-35)23-11-14-26-25(19-23)13-16-28-34(26)44-36(42-28)31-10-8-18-48(31)38(50)33(22(3)4)46-40(52)54-6/h11-16,19-22,30-33H,7-10,17-18H2,1-6H3,(H,41,43)(H,42,44)(H,45,51)(H,46,52)/t30-,31-,32-,33?/m0/s1. The van der Waals surface area contributed by atoms with E-state index in [9.17, 15) is 19.2 Å². The number of methoxy groups -OCH3 is 2. The molecule has 0 bridgehead atoms. The van der Waals surface area contributed by atoms with Crippen LogP contribution in [0.5, 0.6) is 0 Å². The van der Waals surface area contributed by atoms with E-state index in [1.807, 2.05) is 49.6 Å². The van der Waals surface area contributed by atoms with Gasteiger partial charge in [0.25, 0.3) is 0 Å². The molecule has 54 heavy (non-hydrogen) atoms. The Balaban J connectivity index is 1.13. The molecular weight excluding hydrogens is 688 g/mol. The zero-order valence-corrected chi connectivity index (χ0v) is 31.6. The van der Waals surface area contributed by atoms with Crippen molar-refractivity contribution in [3.05, 3.63) is 60.2 Å². The van der Waals surface area contributed by atoms with Gasteiger partial charge in [0.2, 0.25) is 11.8 Å². The lowest BCUT2D eigenvalue weighted by molar-refractivity contribution is -0.136. The van der Waals surface area contributed by atoms with E-state index in [2.05, 4.69) is 57.0 Å². The molecule has 2 aliphatic heterocycles. The van der Waals surface area contributed by atoms with Crippen molar-refractivity contribution in [1.82, 2.24) is 40.4 Å². The van der Waals surface area contributed by atoms with Crippen molar-refractivity contribution in [3.8, 4) is 11.1 Å². The number of amides is 4. The fourth-order valence-electron chi connectivity index (χ4n) is 7.92. The lowest BCUT2D eigenvalue weighted by atomic mass is 10.0. The lowest BCUT2D eigenvalue weighted by Gasteiger charge is -2.29. The largest absolute Gasteiger partial charge is 0.453 e. The van der Waals surface area contributed by atoms with E-state index in [4.69, 9.17) is 19.4 Å². The van der Waals surface area contributed by atoms with Gasteiger partial charge in [0.1, 0.15) is 23.7 Å². The third kappa shape index (κ3) is 6.92. The average Bonchev–Trinajstić information content (AvgIpc) is 3.99. The summed E-state index contributed by atoms with van der Waals surface area (Å²) in [6.45, 7) is 8.79. The van der Waals surface area contributed by atoms with Crippen LogP contribution in [-0.4, -0.2) is 93.1 Å². The molecule has 4 amide bonds. The van der Waals surface area contributed by atoms with Crippen molar-refractivity contribution >= 4 is 56.8 Å². The van der Waals surface area contributed by atoms with Crippen molar-refractivity contribution in [2.75, 3.05) is 27.3 Å². The number of H-pyrrole nitrogens is 2. The van der Waals surface area contributed by atoms with E-state index in [0.717, 1.165) is 81.3 Å². The number of hydrogen-bond donors (Lipinski definition) is 4. The smallest absolute Gasteiger partial charge is 0.407 e. The molecule has 4 heterocycles. The van der Waals surface area contributed by atoms with Crippen LogP contribution in [0.1, 0.15) is 77.1 Å². The summed E-state index contributed by atoms with van der Waals surface area (Å²) in [6.07, 6.45) is 1.97. The average molecular weight is 737 g/mol. The molecule has 284 valence electrons. The van der Waals surface area contributed by atoms with Crippen LogP contribution in [0.2, 0.25) is 0 Å². The summed E-state index contributed by atoms with van der Waals surface area (Å²) in [7, 11) is 2.58. The quantitative estimate of drug-likeness (QED) is 0.136. The topological polar surface area (TPSA) is 175 Å². The minimum absolute atomic E-state index is 0.112. The molecule has 2 aliphatic rings. The maximum Gasteiger partial charge on any atom is 0.407 e. The predicted octanol–water partition coefficient (Wildman–Crippen LogP) is 6.35. The third-order valence-corrected chi connectivity index (χ3v) is 10.8. The zero-order valence-electron chi connectivity index (χ0n) is 31.6. The molecule has 2 fully saturated rings. The molecule has 2 saturated heterocycles. The second-order valence-corrected chi connectivity index (χ2v) is 15.0. The Hall–Kier alpha value is -5.66. The third-order valence-electron chi connectivity index (χ3n) is 10.8. The summed E-state index contributed by atoms with van der Waals surface area (Å²) in [5.74, 6) is 0.948. The summed E-state index contributed by atoms with van der Waals surface area (Å²) in [5, 5.41) is 7.48. The highest BCUT2D eigenvalue weighted by molar-refractivity contribution is 6.05. The molecule has 4 atom stereocenters. The molecule has 3 aromatic carbocycles. The SMILES string of the molecule is COC(=O)NC(C(=O)N1CCC[C@H]1c1nc2ccc3cc(-c4ccc5nc([C@@H]6CCCN6C(=O)[C@@H](NC(=O)OC)C(C)C)[nH]c5c4)ccc3c2[nH]1)C(C)C. The first-order chi connectivity index (χ1) is 26.0. The summed E-state index contributed by atoms with van der Waals surface area (Å²) < 4.78 is 9.55. The van der Waals surface area contributed by atoms with E-state index in [1.165, 1.54) is 14.2 Å². The van der Waals surface area contributed by atoms with Gasteiger partial charge in [0.15, 0.2) is 0 Å². The number of aromatic amines is 2. The molecule has 2 aromatic heterocycles. The van der Waals surface area contributed by atoms with Gasteiger partial charge in [-0.1, -0.05) is 52.0 Å². The number of rotatable bonds is 9. The zero-order chi connectivity index (χ0) is 38.3. The fraction of sp³-hybridized carbons (Fsp3) is 0.450. The van der Waals surface area contributed by atoms with E-state index in [-0.39, 0.29) is 35.7 Å². The maximum atomic E-state index is 13.7. The number of fused-ring (bicyclic) bond motifs is 4. The molecule has 0 spiro atoms. The van der Waals surface area contributed by atoms with E-state index in [1.54, 1.807) is 0 Å². The number of alkyl carbamates (subject to hydrolysis) is 2. The number of hydrogen-bond acceptors (Lipinski definition) is 8. The van der Waals surface area contributed by atoms with Crippen LogP contribution in [0.4, 0.5) is 9.59 Å². The van der Waals surface area contributed by atoms with Crippen LogP contribution in [0.3, 0.4) is 0 Å². The van der Waals surface area contributed by atoms with Crippen LogP contribution in [0, 0.1) is 11.8 Å². The number of nitrogens with one attached hydrogen (secondary N) is 4. The van der Waals surface area contributed by atoms with Gasteiger partial charge in [-0.25, -0.2) is 19.6 Å². The molecule has 14 heteroatoms. The van der Waals surface area contributed by atoms with Crippen LogP contribution in [0.15, 0.2) is 48.5 Å². The van der Waals surface area contributed by atoms with E-state index >= 15 is 0 Å². The Labute approximate surface area is 313 Å². The molecular formula is C40H48N8O6. The second kappa shape index (κ2) is 15.0. The fourth-order valence-corrected chi connectivity index (χ4v) is 7.92. The number of likely N-dealkylation sites (tertiary alicyclic amines) is 2. The number of aromatic nitrogens is 4. The van der Waals surface area contributed by atoms with Gasteiger partial charge < -0.3 is 39.9 Å². The molecule has 4 N–H and O–H groups in total. The minimum Gasteiger partial charge on any atom is -0.453 e. The molecule has 7 rings (SSSR count). The molecule has 0 aliphatic carbocycles. The first-order valence-electron chi connectivity index (χ1n) is 18.7. The Morgan fingerprint density at radius 1 is 0.704 bits per heavy atom. The molecule has 5 aromatic rings. The highest BCUT2D eigenvalue weighted by Gasteiger charge is 2.39. The van der Waals surface area contributed by atoms with E-state index < -0.39 is 24.3 Å². The monoisotopic (exact) mass is 736 g/mol. The molecule has 14 nitrogen and oxygen atoms in total. The highest BCUT2D eigenvalue weighted by atomic mass is 16.5. The van der Waals surface area contributed by atoms with Crippen molar-refractivity contribution in [1.29, 1.82) is 0 Å². The number of ether oxygens (including phenoxy) is 2. The lowest BCUT2D eigenvalue weighted by Crippen LogP contribution is -2.51. The Kier molecular flexibility index (Phi) is 10.2. The second-order valence-electron chi connectivity index (χ2n) is 15.0.